The van der Waals surface area contributed by atoms with Gasteiger partial charge in [0.25, 0.3) is 11.8 Å². The lowest BCUT2D eigenvalue weighted by Crippen LogP contribution is -2.32. The number of amides is 2. The van der Waals surface area contributed by atoms with Crippen LogP contribution in [0.25, 0.3) is 0 Å². The Labute approximate surface area is 165 Å². The summed E-state index contributed by atoms with van der Waals surface area (Å²) in [5.41, 5.74) is 1.53. The fourth-order valence-corrected chi connectivity index (χ4v) is 3.08. The number of aryl methyl sites for hydroxylation is 1. The van der Waals surface area contributed by atoms with E-state index >= 15 is 0 Å². The lowest BCUT2D eigenvalue weighted by Gasteiger charge is -2.16. The first-order valence-electron chi connectivity index (χ1n) is 7.48. The summed E-state index contributed by atoms with van der Waals surface area (Å²) in [5.74, 6) is -0.804. The van der Waals surface area contributed by atoms with Crippen molar-refractivity contribution in [1.82, 2.24) is 0 Å². The van der Waals surface area contributed by atoms with Crippen molar-refractivity contribution in [3.63, 3.8) is 0 Å². The summed E-state index contributed by atoms with van der Waals surface area (Å²) in [4.78, 5) is 26.2. The van der Waals surface area contributed by atoms with Gasteiger partial charge in [0.15, 0.2) is 0 Å². The number of anilines is 2. The molecule has 1 heterocycles. The molecule has 0 aromatic heterocycles. The summed E-state index contributed by atoms with van der Waals surface area (Å²) in [6.07, 6.45) is 0. The summed E-state index contributed by atoms with van der Waals surface area (Å²) in [6, 6.07) is 9.72. The number of methoxy groups -OCH3 is 1. The number of hydrogen-bond donors (Lipinski definition) is 1. The van der Waals surface area contributed by atoms with E-state index in [4.69, 9.17) is 39.5 Å². The van der Waals surface area contributed by atoms with Gasteiger partial charge in [-0.05, 0) is 36.8 Å². The zero-order valence-corrected chi connectivity index (χ0v) is 16.0. The highest BCUT2D eigenvalue weighted by Crippen LogP contribution is 2.35. The van der Waals surface area contributed by atoms with Crippen molar-refractivity contribution in [2.75, 3.05) is 17.3 Å². The van der Waals surface area contributed by atoms with Gasteiger partial charge < -0.3 is 10.1 Å². The highest BCUT2D eigenvalue weighted by atomic mass is 35.5. The van der Waals surface area contributed by atoms with E-state index in [0.29, 0.717) is 27.2 Å². The van der Waals surface area contributed by atoms with Crippen LogP contribution in [-0.2, 0) is 9.59 Å². The van der Waals surface area contributed by atoms with E-state index in [2.05, 4.69) is 5.32 Å². The molecule has 134 valence electrons. The van der Waals surface area contributed by atoms with Gasteiger partial charge in [-0.2, -0.15) is 0 Å². The Morgan fingerprint density at radius 2 is 1.77 bits per heavy atom. The second-order valence-corrected chi connectivity index (χ2v) is 6.76. The number of hydrogen-bond acceptors (Lipinski definition) is 4. The number of nitrogens with zero attached hydrogens (tertiary/aromatic N) is 1. The molecule has 0 aliphatic carbocycles. The molecule has 26 heavy (non-hydrogen) atoms. The first kappa shape index (κ1) is 18.6. The van der Waals surface area contributed by atoms with Gasteiger partial charge >= 0.3 is 0 Å². The molecule has 1 aliphatic heterocycles. The molecule has 0 saturated heterocycles. The van der Waals surface area contributed by atoms with Gasteiger partial charge in [0.1, 0.15) is 16.5 Å². The zero-order chi connectivity index (χ0) is 19.0. The van der Waals surface area contributed by atoms with Crippen LogP contribution in [0.2, 0.25) is 10.0 Å². The van der Waals surface area contributed by atoms with E-state index in [1.165, 1.54) is 13.2 Å². The van der Waals surface area contributed by atoms with Crippen LogP contribution in [0.15, 0.2) is 47.1 Å². The van der Waals surface area contributed by atoms with Crippen LogP contribution in [0, 0.1) is 6.92 Å². The normalized spacial score (nSPS) is 14.3. The fraction of sp³-hybridized carbons (Fsp3) is 0.111. The van der Waals surface area contributed by atoms with Crippen LogP contribution in [-0.4, -0.2) is 18.9 Å². The van der Waals surface area contributed by atoms with Crippen LogP contribution in [0.3, 0.4) is 0 Å². The van der Waals surface area contributed by atoms with E-state index in [9.17, 15) is 9.59 Å². The Balaban J connectivity index is 1.98. The average Bonchev–Trinajstić information content (AvgIpc) is 2.81. The standard InChI is InChI=1S/C18H13Cl3N2O3/c1-9-6-13(14(26-2)8-12(9)20)22-16-15(21)17(24)23(18(16)25)11-5-3-4-10(19)7-11/h3-8,22H,1-2H3. The minimum Gasteiger partial charge on any atom is -0.495 e. The molecular formula is C18H13Cl3N2O3. The lowest BCUT2D eigenvalue weighted by molar-refractivity contribution is -0.120. The Kier molecular flexibility index (Phi) is 5.14. The van der Waals surface area contributed by atoms with Crippen molar-refractivity contribution in [2.24, 2.45) is 0 Å². The van der Waals surface area contributed by atoms with Gasteiger partial charge in [0.05, 0.1) is 18.5 Å². The summed E-state index contributed by atoms with van der Waals surface area (Å²) in [6.45, 7) is 1.81. The smallest absolute Gasteiger partial charge is 0.283 e. The number of carbonyl (C=O) groups excluding carboxylic acids is 2. The molecule has 2 amide bonds. The molecule has 1 N–H and O–H groups in total. The Morgan fingerprint density at radius 3 is 2.42 bits per heavy atom. The molecule has 0 fully saturated rings. The van der Waals surface area contributed by atoms with Crippen molar-refractivity contribution in [1.29, 1.82) is 0 Å². The molecule has 8 heteroatoms. The number of benzene rings is 2. The lowest BCUT2D eigenvalue weighted by atomic mass is 10.2. The van der Waals surface area contributed by atoms with E-state index in [1.54, 1.807) is 30.3 Å². The predicted molar refractivity (Wildman–Crippen MR) is 103 cm³/mol. The minimum atomic E-state index is -0.633. The maximum atomic E-state index is 12.8. The summed E-state index contributed by atoms with van der Waals surface area (Å²) < 4.78 is 5.28. The second-order valence-electron chi connectivity index (χ2n) is 5.54. The monoisotopic (exact) mass is 410 g/mol. The van der Waals surface area contributed by atoms with E-state index < -0.39 is 11.8 Å². The number of nitrogens with one attached hydrogen (secondary N) is 1. The molecule has 5 nitrogen and oxygen atoms in total. The molecule has 0 spiro atoms. The molecule has 2 aromatic rings. The van der Waals surface area contributed by atoms with E-state index in [-0.39, 0.29) is 10.7 Å². The van der Waals surface area contributed by atoms with Crippen molar-refractivity contribution in [3.8, 4) is 5.75 Å². The maximum Gasteiger partial charge on any atom is 0.283 e. The van der Waals surface area contributed by atoms with Crippen LogP contribution >= 0.6 is 34.8 Å². The molecule has 3 rings (SSSR count). The molecule has 0 saturated carbocycles. The van der Waals surface area contributed by atoms with Gasteiger partial charge in [-0.1, -0.05) is 40.9 Å². The van der Waals surface area contributed by atoms with E-state index in [0.717, 1.165) is 10.5 Å². The second kappa shape index (κ2) is 7.19. The van der Waals surface area contributed by atoms with Gasteiger partial charge in [0.2, 0.25) is 0 Å². The molecule has 0 radical (unpaired) electrons. The number of ether oxygens (including phenoxy) is 1. The van der Waals surface area contributed by atoms with Crippen molar-refractivity contribution >= 4 is 58.0 Å². The topological polar surface area (TPSA) is 58.6 Å². The highest BCUT2D eigenvalue weighted by molar-refractivity contribution is 6.53. The van der Waals surface area contributed by atoms with E-state index in [1.807, 2.05) is 6.92 Å². The first-order chi connectivity index (χ1) is 12.3. The predicted octanol–water partition coefficient (Wildman–Crippen LogP) is 4.75. The van der Waals surface area contributed by atoms with Crippen molar-refractivity contribution < 1.29 is 14.3 Å². The fourth-order valence-electron chi connectivity index (χ4n) is 2.53. The van der Waals surface area contributed by atoms with Crippen LogP contribution in [0.4, 0.5) is 11.4 Å². The minimum absolute atomic E-state index is 0.0448. The Bertz CT molecular complexity index is 957. The third-order valence-electron chi connectivity index (χ3n) is 3.83. The SMILES string of the molecule is COc1cc(Cl)c(C)cc1NC1=C(Cl)C(=O)N(c2cccc(Cl)c2)C1=O. The van der Waals surface area contributed by atoms with Crippen molar-refractivity contribution in [3.05, 3.63) is 62.7 Å². The van der Waals surface area contributed by atoms with Gasteiger partial charge in [-0.3, -0.25) is 9.59 Å². The third-order valence-corrected chi connectivity index (χ3v) is 4.83. The average molecular weight is 412 g/mol. The summed E-state index contributed by atoms with van der Waals surface area (Å²) in [7, 11) is 1.47. The molecule has 1 aliphatic rings. The molecule has 0 unspecified atom stereocenters. The van der Waals surface area contributed by atoms with Crippen LogP contribution in [0.5, 0.6) is 5.75 Å². The summed E-state index contributed by atoms with van der Waals surface area (Å²) in [5, 5.41) is 3.59. The van der Waals surface area contributed by atoms with Crippen molar-refractivity contribution in [2.45, 2.75) is 6.92 Å². The number of halogens is 3. The first-order valence-corrected chi connectivity index (χ1v) is 8.62. The molecule has 0 atom stereocenters. The number of imide groups is 1. The van der Waals surface area contributed by atoms with Crippen LogP contribution < -0.4 is 15.0 Å². The highest BCUT2D eigenvalue weighted by Gasteiger charge is 2.39. The number of carbonyl (C=O) groups is 2. The Morgan fingerprint density at radius 1 is 1.04 bits per heavy atom. The maximum absolute atomic E-state index is 12.8. The zero-order valence-electron chi connectivity index (χ0n) is 13.8. The Hall–Kier alpha value is -2.21. The van der Waals surface area contributed by atoms with Gasteiger partial charge in [0, 0.05) is 16.1 Å². The summed E-state index contributed by atoms with van der Waals surface area (Å²) >= 11 is 18.2. The quantitative estimate of drug-likeness (QED) is 0.738. The molecule has 0 bridgehead atoms. The van der Waals surface area contributed by atoms with Crippen LogP contribution in [0.1, 0.15) is 5.56 Å². The largest absolute Gasteiger partial charge is 0.495 e. The molecular weight excluding hydrogens is 399 g/mol. The third kappa shape index (κ3) is 3.26. The van der Waals surface area contributed by atoms with Gasteiger partial charge in [-0.25, -0.2) is 4.90 Å². The van der Waals surface area contributed by atoms with Gasteiger partial charge in [-0.15, -0.1) is 0 Å². The molecule has 2 aromatic carbocycles. The number of rotatable bonds is 4.